The van der Waals surface area contributed by atoms with Gasteiger partial charge in [0.2, 0.25) is 0 Å². The number of nitrogens with zero attached hydrogens (tertiary/aromatic N) is 2. The number of benzene rings is 2. The molecule has 4 nitrogen and oxygen atoms in total. The molecule has 30 heavy (non-hydrogen) atoms. The van der Waals surface area contributed by atoms with Crippen LogP contribution in [0.2, 0.25) is 39.3 Å². The van der Waals surface area contributed by atoms with Gasteiger partial charge in [-0.25, -0.2) is 4.67 Å². The lowest BCUT2D eigenvalue weighted by Crippen LogP contribution is -2.32. The Morgan fingerprint density at radius 1 is 0.933 bits per heavy atom. The Hall–Kier alpha value is -1.02. The zero-order valence-corrected chi connectivity index (χ0v) is 22.6. The van der Waals surface area contributed by atoms with Gasteiger partial charge < -0.3 is 13.4 Å². The van der Waals surface area contributed by atoms with Crippen molar-refractivity contribution >= 4 is 24.0 Å². The summed E-state index contributed by atoms with van der Waals surface area (Å²) >= 11 is 0. The zero-order valence-electron chi connectivity index (χ0n) is 19.7. The van der Waals surface area contributed by atoms with Gasteiger partial charge in [-0.2, -0.15) is 0 Å². The minimum absolute atomic E-state index is 0.0129. The standard InChI is InChI=1S/C23H37N2O2PSi2/c1-19-22(20-15-11-9-12-16-20)26-28(25(19)2,24-29(3,4)5)23(27-30(6,7)8)21-17-13-10-14-18-21/h9-19,22-23H,1-8H3/t19-,22-,23+,28+/m0/s1. The molecule has 1 saturated heterocycles. The van der Waals surface area contributed by atoms with Gasteiger partial charge in [0, 0.05) is 6.04 Å². The van der Waals surface area contributed by atoms with E-state index in [9.17, 15) is 0 Å². The molecule has 2 aromatic rings. The van der Waals surface area contributed by atoms with Crippen molar-refractivity contribution in [3.63, 3.8) is 0 Å². The second-order valence-corrected chi connectivity index (χ2v) is 22.2. The summed E-state index contributed by atoms with van der Waals surface area (Å²) in [6.07, 6.45) is -0.0129. The van der Waals surface area contributed by atoms with E-state index < -0.39 is 24.0 Å². The Balaban J connectivity index is 2.21. The molecule has 7 heteroatoms. The predicted molar refractivity (Wildman–Crippen MR) is 134 cm³/mol. The number of hydrogen-bond donors (Lipinski definition) is 0. The van der Waals surface area contributed by atoms with Crippen LogP contribution in [-0.4, -0.2) is 34.3 Å². The Labute approximate surface area is 185 Å². The van der Waals surface area contributed by atoms with E-state index in [4.69, 9.17) is 13.4 Å². The molecule has 0 saturated carbocycles. The first kappa shape index (κ1) is 23.6. The van der Waals surface area contributed by atoms with E-state index in [1.807, 2.05) is 0 Å². The van der Waals surface area contributed by atoms with Crippen molar-refractivity contribution in [2.24, 2.45) is 4.41 Å². The summed E-state index contributed by atoms with van der Waals surface area (Å²) in [5, 5.41) is 0. The van der Waals surface area contributed by atoms with Crippen LogP contribution in [0.25, 0.3) is 0 Å². The van der Waals surface area contributed by atoms with E-state index in [0.717, 1.165) is 0 Å². The van der Waals surface area contributed by atoms with Crippen LogP contribution in [0.5, 0.6) is 0 Å². The summed E-state index contributed by atoms with van der Waals surface area (Å²) in [4.78, 5) is 0. The van der Waals surface area contributed by atoms with Gasteiger partial charge in [-0.1, -0.05) is 60.7 Å². The fraction of sp³-hybridized carbons (Fsp3) is 0.478. The van der Waals surface area contributed by atoms with Gasteiger partial charge in [-0.05, 0) is 64.4 Å². The topological polar surface area (TPSA) is 34.1 Å². The van der Waals surface area contributed by atoms with Gasteiger partial charge in [0.05, 0.1) is 0 Å². The summed E-state index contributed by atoms with van der Waals surface area (Å²) < 4.78 is 22.0. The first-order valence-electron chi connectivity index (χ1n) is 10.8. The van der Waals surface area contributed by atoms with E-state index >= 15 is 0 Å². The molecular formula is C23H37N2O2PSi2. The minimum atomic E-state index is -2.43. The maximum Gasteiger partial charge on any atom is 0.185 e. The second-order valence-electron chi connectivity index (χ2n) is 10.1. The average Bonchev–Trinajstić information content (AvgIpc) is 2.91. The smallest absolute Gasteiger partial charge is 0.185 e. The van der Waals surface area contributed by atoms with Crippen molar-refractivity contribution in [2.75, 3.05) is 7.05 Å². The average molecular weight is 461 g/mol. The first-order chi connectivity index (χ1) is 13.9. The Kier molecular flexibility index (Phi) is 6.97. The largest absolute Gasteiger partial charge is 0.402 e. The van der Waals surface area contributed by atoms with Crippen LogP contribution in [0, 0.1) is 0 Å². The summed E-state index contributed by atoms with van der Waals surface area (Å²) in [7, 11) is -3.94. The molecule has 1 heterocycles. The molecule has 164 valence electrons. The summed E-state index contributed by atoms with van der Waals surface area (Å²) in [6.45, 7) is 15.9. The maximum atomic E-state index is 7.10. The molecule has 1 aliphatic heterocycles. The molecule has 2 aromatic carbocycles. The fourth-order valence-corrected chi connectivity index (χ4v) is 13.2. The van der Waals surface area contributed by atoms with E-state index in [0.29, 0.717) is 0 Å². The van der Waals surface area contributed by atoms with Crippen molar-refractivity contribution in [3.05, 3.63) is 71.8 Å². The summed E-state index contributed by atoms with van der Waals surface area (Å²) in [6, 6.07) is 21.4. The Morgan fingerprint density at radius 2 is 1.47 bits per heavy atom. The highest BCUT2D eigenvalue weighted by Gasteiger charge is 2.51. The number of hydrogen-bond acceptors (Lipinski definition) is 3. The van der Waals surface area contributed by atoms with Gasteiger partial charge in [0.1, 0.15) is 11.9 Å². The van der Waals surface area contributed by atoms with Crippen LogP contribution < -0.4 is 0 Å². The Morgan fingerprint density at radius 3 is 1.97 bits per heavy atom. The zero-order chi connectivity index (χ0) is 22.2. The molecular weight excluding hydrogens is 423 g/mol. The van der Waals surface area contributed by atoms with Crippen molar-refractivity contribution in [2.45, 2.75) is 64.2 Å². The lowest BCUT2D eigenvalue weighted by atomic mass is 10.0. The molecule has 3 rings (SSSR count). The minimum Gasteiger partial charge on any atom is -0.402 e. The molecule has 0 spiro atoms. The van der Waals surface area contributed by atoms with Gasteiger partial charge in [0.25, 0.3) is 0 Å². The highest BCUT2D eigenvalue weighted by molar-refractivity contribution is 7.60. The molecule has 0 amide bonds. The molecule has 1 aliphatic rings. The van der Waals surface area contributed by atoms with Gasteiger partial charge in [-0.15, -0.1) is 0 Å². The fourth-order valence-electron chi connectivity index (χ4n) is 3.85. The van der Waals surface area contributed by atoms with Crippen molar-refractivity contribution in [1.82, 2.24) is 4.67 Å². The molecule has 0 aromatic heterocycles. The third-order valence-electron chi connectivity index (χ3n) is 5.18. The van der Waals surface area contributed by atoms with Gasteiger partial charge in [0.15, 0.2) is 24.0 Å². The second kappa shape index (κ2) is 8.85. The highest BCUT2D eigenvalue weighted by Crippen LogP contribution is 2.73. The van der Waals surface area contributed by atoms with Crippen molar-refractivity contribution in [1.29, 1.82) is 0 Å². The molecule has 4 atom stereocenters. The lowest BCUT2D eigenvalue weighted by Gasteiger charge is -2.39. The predicted octanol–water partition coefficient (Wildman–Crippen LogP) is 7.49. The van der Waals surface area contributed by atoms with Crippen LogP contribution in [0.3, 0.4) is 0 Å². The van der Waals surface area contributed by atoms with E-state index in [-0.39, 0.29) is 18.0 Å². The van der Waals surface area contributed by atoms with Gasteiger partial charge >= 0.3 is 0 Å². The van der Waals surface area contributed by atoms with Gasteiger partial charge in [-0.3, -0.25) is 0 Å². The van der Waals surface area contributed by atoms with Crippen LogP contribution in [0.15, 0.2) is 65.1 Å². The monoisotopic (exact) mass is 460 g/mol. The van der Waals surface area contributed by atoms with Crippen LogP contribution in [-0.2, 0) is 8.95 Å². The van der Waals surface area contributed by atoms with E-state index in [2.05, 4.69) is 119 Å². The third-order valence-corrected chi connectivity index (χ3v) is 12.7. The molecule has 1 fully saturated rings. The quantitative estimate of drug-likeness (QED) is 0.331. The molecule has 0 unspecified atom stereocenters. The maximum absolute atomic E-state index is 7.10. The SMILES string of the molecule is C[C@H]1[C@@H](c2ccccc2)O[P@@](=N[Si](C)(C)C)([C@@H](O[Si](C)(C)C)c2ccccc2)N1C. The summed E-state index contributed by atoms with van der Waals surface area (Å²) in [5.41, 5.74) is 2.38. The molecule has 0 radical (unpaired) electrons. The molecule has 0 N–H and O–H groups in total. The van der Waals surface area contributed by atoms with E-state index in [1.165, 1.54) is 11.1 Å². The molecule has 0 aliphatic carbocycles. The van der Waals surface area contributed by atoms with Crippen molar-refractivity contribution in [3.8, 4) is 0 Å². The normalized spacial score (nSPS) is 26.5. The number of rotatable bonds is 6. The van der Waals surface area contributed by atoms with Crippen LogP contribution >= 0.6 is 7.43 Å². The van der Waals surface area contributed by atoms with E-state index in [1.54, 1.807) is 0 Å². The van der Waals surface area contributed by atoms with Crippen molar-refractivity contribution < 1.29 is 8.95 Å². The first-order valence-corrected chi connectivity index (χ1v) is 19.3. The third kappa shape index (κ3) is 5.24. The van der Waals surface area contributed by atoms with Crippen LogP contribution in [0.1, 0.15) is 30.0 Å². The number of likely N-dealkylation sites (N-methyl/N-ethyl adjacent to an activating group) is 1. The van der Waals surface area contributed by atoms with Crippen LogP contribution in [0.4, 0.5) is 0 Å². The summed E-state index contributed by atoms with van der Waals surface area (Å²) in [5.74, 6) is -0.168. The molecule has 0 bridgehead atoms. The Bertz CT molecular complexity index is 895. The lowest BCUT2D eigenvalue weighted by molar-refractivity contribution is 0.201. The highest BCUT2D eigenvalue weighted by atomic mass is 31.2.